The lowest BCUT2D eigenvalue weighted by Crippen LogP contribution is -2.53. The first-order chi connectivity index (χ1) is 9.00. The fourth-order valence-corrected chi connectivity index (χ4v) is 2.32. The van der Waals surface area contributed by atoms with Crippen LogP contribution in [0.3, 0.4) is 0 Å². The third-order valence-corrected chi connectivity index (χ3v) is 3.72. The van der Waals surface area contributed by atoms with E-state index in [1.165, 1.54) is 12.8 Å². The molecule has 2 heterocycles. The Kier molecular flexibility index (Phi) is 4.14. The summed E-state index contributed by atoms with van der Waals surface area (Å²) in [5.41, 5.74) is 1.22. The van der Waals surface area contributed by atoms with E-state index in [1.54, 1.807) is 12.4 Å². The van der Waals surface area contributed by atoms with Gasteiger partial charge in [-0.2, -0.15) is 0 Å². The normalized spacial score (nSPS) is 16.6. The predicted molar refractivity (Wildman–Crippen MR) is 73.5 cm³/mol. The second-order valence-electron chi connectivity index (χ2n) is 5.58. The number of amides is 1. The molecule has 0 spiro atoms. The molecule has 19 heavy (non-hydrogen) atoms. The molecule has 1 saturated heterocycles. The topological polar surface area (TPSA) is 58.1 Å². The first kappa shape index (κ1) is 13.9. The van der Waals surface area contributed by atoms with Crippen LogP contribution in [0.5, 0.6) is 0 Å². The lowest BCUT2D eigenvalue weighted by Gasteiger charge is -2.33. The average Bonchev–Trinajstić information content (AvgIpc) is 2.92. The van der Waals surface area contributed by atoms with Crippen molar-refractivity contribution in [2.24, 2.45) is 0 Å². The Labute approximate surface area is 114 Å². The summed E-state index contributed by atoms with van der Waals surface area (Å²) in [6, 6.07) is 0. The number of carbonyl (C=O) groups is 1. The molecule has 0 aromatic carbocycles. The van der Waals surface area contributed by atoms with E-state index in [4.69, 9.17) is 0 Å². The maximum Gasteiger partial charge on any atom is 0.240 e. The monoisotopic (exact) mass is 262 g/mol. The van der Waals surface area contributed by atoms with Crippen molar-refractivity contribution in [3.8, 4) is 0 Å². The molecular formula is C14H22N4O. The van der Waals surface area contributed by atoms with E-state index in [-0.39, 0.29) is 5.91 Å². The minimum Gasteiger partial charge on any atom is -0.349 e. The molecule has 0 unspecified atom stereocenters. The number of rotatable bonds is 4. The van der Waals surface area contributed by atoms with Crippen LogP contribution in [0, 0.1) is 6.92 Å². The van der Waals surface area contributed by atoms with Crippen molar-refractivity contribution in [2.75, 3.05) is 13.1 Å². The van der Waals surface area contributed by atoms with Crippen molar-refractivity contribution in [1.29, 1.82) is 0 Å². The van der Waals surface area contributed by atoms with Gasteiger partial charge >= 0.3 is 0 Å². The summed E-state index contributed by atoms with van der Waals surface area (Å²) >= 11 is 0. The number of likely N-dealkylation sites (tertiary alicyclic amines) is 1. The smallest absolute Gasteiger partial charge is 0.240 e. The highest BCUT2D eigenvalue weighted by atomic mass is 16.2. The molecular weight excluding hydrogens is 240 g/mol. The Bertz CT molecular complexity index is 435. The van der Waals surface area contributed by atoms with E-state index >= 15 is 0 Å². The van der Waals surface area contributed by atoms with Gasteiger partial charge in [0.15, 0.2) is 0 Å². The Balaban J connectivity index is 1.91. The van der Waals surface area contributed by atoms with Gasteiger partial charge in [0.05, 0.1) is 29.7 Å². The molecule has 1 aromatic heterocycles. The number of carbonyl (C=O) groups excluding carboxylic acids is 1. The van der Waals surface area contributed by atoms with Crippen LogP contribution in [-0.4, -0.2) is 39.4 Å². The van der Waals surface area contributed by atoms with Gasteiger partial charge in [0, 0.05) is 6.20 Å². The highest BCUT2D eigenvalue weighted by Gasteiger charge is 2.35. The molecule has 1 aromatic rings. The van der Waals surface area contributed by atoms with Gasteiger partial charge in [-0.15, -0.1) is 0 Å². The molecule has 0 saturated carbocycles. The molecule has 2 rings (SSSR count). The highest BCUT2D eigenvalue weighted by Crippen LogP contribution is 2.21. The second-order valence-corrected chi connectivity index (χ2v) is 5.58. The Morgan fingerprint density at radius 3 is 2.58 bits per heavy atom. The summed E-state index contributed by atoms with van der Waals surface area (Å²) < 4.78 is 0. The molecule has 1 amide bonds. The Morgan fingerprint density at radius 1 is 1.32 bits per heavy atom. The van der Waals surface area contributed by atoms with Crippen LogP contribution in [0.15, 0.2) is 12.4 Å². The van der Waals surface area contributed by atoms with Crippen molar-refractivity contribution in [3.05, 3.63) is 23.8 Å². The van der Waals surface area contributed by atoms with E-state index in [0.29, 0.717) is 6.54 Å². The fraction of sp³-hybridized carbons (Fsp3) is 0.643. The summed E-state index contributed by atoms with van der Waals surface area (Å²) in [6.45, 7) is 8.30. The van der Waals surface area contributed by atoms with Crippen molar-refractivity contribution in [3.63, 3.8) is 0 Å². The lowest BCUT2D eigenvalue weighted by molar-refractivity contribution is -0.131. The third-order valence-electron chi connectivity index (χ3n) is 3.72. The van der Waals surface area contributed by atoms with Gasteiger partial charge in [0.25, 0.3) is 0 Å². The number of hydrogen-bond donors (Lipinski definition) is 1. The summed E-state index contributed by atoms with van der Waals surface area (Å²) in [6.07, 6.45) is 5.78. The van der Waals surface area contributed by atoms with Gasteiger partial charge in [0.2, 0.25) is 5.91 Å². The highest BCUT2D eigenvalue weighted by molar-refractivity contribution is 5.85. The van der Waals surface area contributed by atoms with E-state index < -0.39 is 5.54 Å². The molecule has 0 aliphatic carbocycles. The molecule has 0 radical (unpaired) electrons. The molecule has 104 valence electrons. The van der Waals surface area contributed by atoms with Crippen molar-refractivity contribution < 1.29 is 4.79 Å². The molecule has 1 fully saturated rings. The Hall–Kier alpha value is -1.49. The minimum absolute atomic E-state index is 0.0526. The van der Waals surface area contributed by atoms with Crippen molar-refractivity contribution in [2.45, 2.75) is 45.7 Å². The summed E-state index contributed by atoms with van der Waals surface area (Å²) in [7, 11) is 0. The van der Waals surface area contributed by atoms with E-state index in [9.17, 15) is 4.79 Å². The van der Waals surface area contributed by atoms with Crippen LogP contribution >= 0.6 is 0 Å². The molecule has 1 aliphatic heterocycles. The fourth-order valence-electron chi connectivity index (χ4n) is 2.32. The van der Waals surface area contributed by atoms with E-state index in [2.05, 4.69) is 20.2 Å². The number of nitrogens with zero attached hydrogens (tertiary/aromatic N) is 3. The van der Waals surface area contributed by atoms with Gasteiger partial charge in [-0.05, 0) is 46.7 Å². The number of hydrogen-bond acceptors (Lipinski definition) is 4. The lowest BCUT2D eigenvalue weighted by atomic mass is 10.0. The summed E-state index contributed by atoms with van der Waals surface area (Å²) in [4.78, 5) is 22.9. The van der Waals surface area contributed by atoms with Crippen molar-refractivity contribution in [1.82, 2.24) is 20.2 Å². The average molecular weight is 262 g/mol. The zero-order valence-electron chi connectivity index (χ0n) is 11.9. The molecule has 5 heteroatoms. The van der Waals surface area contributed by atoms with Gasteiger partial charge in [-0.3, -0.25) is 19.7 Å². The predicted octanol–water partition coefficient (Wildman–Crippen LogP) is 1.28. The third kappa shape index (κ3) is 3.29. The zero-order valence-corrected chi connectivity index (χ0v) is 11.9. The van der Waals surface area contributed by atoms with E-state index in [1.807, 2.05) is 20.8 Å². The van der Waals surface area contributed by atoms with Crippen LogP contribution in [0.25, 0.3) is 0 Å². The number of aromatic nitrogens is 2. The van der Waals surface area contributed by atoms with Crippen LogP contribution in [0.4, 0.5) is 0 Å². The molecule has 1 N–H and O–H groups in total. The largest absolute Gasteiger partial charge is 0.349 e. The van der Waals surface area contributed by atoms with Crippen LogP contribution in [0.1, 0.15) is 38.1 Å². The zero-order chi connectivity index (χ0) is 13.9. The van der Waals surface area contributed by atoms with E-state index in [0.717, 1.165) is 24.5 Å². The van der Waals surface area contributed by atoms with Gasteiger partial charge in [-0.1, -0.05) is 0 Å². The first-order valence-corrected chi connectivity index (χ1v) is 6.81. The van der Waals surface area contributed by atoms with Crippen LogP contribution in [-0.2, 0) is 11.3 Å². The Morgan fingerprint density at radius 2 is 2.00 bits per heavy atom. The van der Waals surface area contributed by atoms with Gasteiger partial charge < -0.3 is 5.32 Å². The van der Waals surface area contributed by atoms with Gasteiger partial charge in [0.1, 0.15) is 0 Å². The molecule has 5 nitrogen and oxygen atoms in total. The van der Waals surface area contributed by atoms with Crippen LogP contribution < -0.4 is 5.32 Å². The standard InChI is InChI=1S/C14H22N4O/c1-11-8-16-12(9-15-11)10-17-13(19)14(2,3)18-6-4-5-7-18/h8-9H,4-7,10H2,1-3H3,(H,17,19). The first-order valence-electron chi connectivity index (χ1n) is 6.81. The maximum atomic E-state index is 12.3. The van der Waals surface area contributed by atoms with Crippen LogP contribution in [0.2, 0.25) is 0 Å². The number of nitrogens with one attached hydrogen (secondary N) is 1. The molecule has 1 aliphatic rings. The van der Waals surface area contributed by atoms with Gasteiger partial charge in [-0.25, -0.2) is 0 Å². The van der Waals surface area contributed by atoms with Crippen molar-refractivity contribution >= 4 is 5.91 Å². The summed E-state index contributed by atoms with van der Waals surface area (Å²) in [5, 5.41) is 2.95. The second kappa shape index (κ2) is 5.65. The quantitative estimate of drug-likeness (QED) is 0.888. The summed E-state index contributed by atoms with van der Waals surface area (Å²) in [5.74, 6) is 0.0526. The molecule has 0 bridgehead atoms. The minimum atomic E-state index is -0.450. The SMILES string of the molecule is Cc1cnc(CNC(=O)C(C)(C)N2CCCC2)cn1. The maximum absolute atomic E-state index is 12.3. The molecule has 0 atom stereocenters. The number of aryl methyl sites for hydroxylation is 1.